The molecule has 6 heteroatoms. The molecule has 6 nitrogen and oxygen atoms in total. The Morgan fingerprint density at radius 3 is 2.93 bits per heavy atom. The molecule has 0 spiro atoms. The topological polar surface area (TPSA) is 70.4 Å². The van der Waals surface area contributed by atoms with Gasteiger partial charge < -0.3 is 15.2 Å². The number of benzene rings is 1. The Morgan fingerprint density at radius 1 is 1.29 bits per heavy atom. The summed E-state index contributed by atoms with van der Waals surface area (Å²) in [5, 5.41) is 10.6. The lowest BCUT2D eigenvalue weighted by Gasteiger charge is -2.32. The predicted octanol–water partition coefficient (Wildman–Crippen LogP) is 2.73. The lowest BCUT2D eigenvalue weighted by molar-refractivity contribution is -0.123. The molecule has 2 aliphatic heterocycles. The van der Waals surface area contributed by atoms with Crippen LogP contribution in [0.5, 0.6) is 0 Å². The molecule has 0 bridgehead atoms. The van der Waals surface area contributed by atoms with Crippen molar-refractivity contribution in [2.45, 2.75) is 45.2 Å². The van der Waals surface area contributed by atoms with Crippen molar-refractivity contribution in [1.82, 2.24) is 20.7 Å². The molecule has 1 amide bonds. The van der Waals surface area contributed by atoms with Crippen LogP contribution >= 0.6 is 0 Å². The molecule has 2 unspecified atom stereocenters. The van der Waals surface area contributed by atoms with E-state index in [9.17, 15) is 4.79 Å². The molecule has 0 aliphatic carbocycles. The zero-order valence-corrected chi connectivity index (χ0v) is 16.6. The van der Waals surface area contributed by atoms with Crippen LogP contribution in [0, 0.1) is 12.8 Å². The third-order valence-electron chi connectivity index (χ3n) is 5.83. The van der Waals surface area contributed by atoms with E-state index in [1.165, 1.54) is 12.0 Å². The molecule has 2 aliphatic rings. The van der Waals surface area contributed by atoms with Gasteiger partial charge >= 0.3 is 0 Å². The monoisotopic (exact) mass is 382 g/mol. The van der Waals surface area contributed by atoms with Crippen LogP contribution in [-0.2, 0) is 11.3 Å². The van der Waals surface area contributed by atoms with Crippen molar-refractivity contribution < 1.29 is 9.32 Å². The highest BCUT2D eigenvalue weighted by atomic mass is 16.5. The van der Waals surface area contributed by atoms with Gasteiger partial charge in [0.2, 0.25) is 5.91 Å². The van der Waals surface area contributed by atoms with Crippen molar-refractivity contribution in [3.05, 3.63) is 41.7 Å². The number of amides is 1. The van der Waals surface area contributed by atoms with Crippen molar-refractivity contribution in [2.24, 2.45) is 5.92 Å². The Kier molecular flexibility index (Phi) is 6.07. The first kappa shape index (κ1) is 19.2. The summed E-state index contributed by atoms with van der Waals surface area (Å²) in [5.74, 6) is 1.56. The van der Waals surface area contributed by atoms with E-state index in [4.69, 9.17) is 4.52 Å². The summed E-state index contributed by atoms with van der Waals surface area (Å²) in [6.07, 6.45) is 4.37. The number of likely N-dealkylation sites (tertiary alicyclic amines) is 1. The number of hydrogen-bond donors (Lipinski definition) is 2. The molecule has 4 rings (SSSR count). The predicted molar refractivity (Wildman–Crippen MR) is 109 cm³/mol. The fourth-order valence-electron chi connectivity index (χ4n) is 4.21. The molecular weight excluding hydrogens is 352 g/mol. The summed E-state index contributed by atoms with van der Waals surface area (Å²) in [6, 6.07) is 10.4. The molecule has 3 heterocycles. The molecule has 2 aromatic rings. The molecule has 2 N–H and O–H groups in total. The molecule has 150 valence electrons. The van der Waals surface area contributed by atoms with Crippen LogP contribution < -0.4 is 10.6 Å². The second-order valence-corrected chi connectivity index (χ2v) is 8.18. The fourth-order valence-corrected chi connectivity index (χ4v) is 4.21. The number of hydrogen-bond acceptors (Lipinski definition) is 5. The number of carbonyl (C=O) groups excluding carboxylic acids is 1. The first-order valence-electron chi connectivity index (χ1n) is 10.4. The third kappa shape index (κ3) is 4.80. The number of nitrogens with zero attached hydrogens (tertiary/aromatic N) is 2. The van der Waals surface area contributed by atoms with Gasteiger partial charge in [0.1, 0.15) is 5.69 Å². The van der Waals surface area contributed by atoms with E-state index < -0.39 is 0 Å². The highest BCUT2D eigenvalue weighted by Gasteiger charge is 2.25. The van der Waals surface area contributed by atoms with E-state index in [0.29, 0.717) is 5.92 Å². The Balaban J connectivity index is 1.28. The van der Waals surface area contributed by atoms with E-state index in [-0.39, 0.29) is 11.9 Å². The van der Waals surface area contributed by atoms with Crippen LogP contribution in [0.3, 0.4) is 0 Å². The van der Waals surface area contributed by atoms with Crippen LogP contribution in [0.2, 0.25) is 0 Å². The van der Waals surface area contributed by atoms with Gasteiger partial charge in [0.05, 0.1) is 12.6 Å². The number of aromatic nitrogens is 1. The van der Waals surface area contributed by atoms with E-state index in [0.717, 1.165) is 69.0 Å². The van der Waals surface area contributed by atoms with Crippen molar-refractivity contribution in [1.29, 1.82) is 0 Å². The molecule has 0 radical (unpaired) electrons. The maximum atomic E-state index is 12.2. The van der Waals surface area contributed by atoms with E-state index in [2.05, 4.69) is 51.9 Å². The molecule has 2 fully saturated rings. The van der Waals surface area contributed by atoms with E-state index in [1.54, 1.807) is 0 Å². The first-order valence-corrected chi connectivity index (χ1v) is 10.4. The Hall–Kier alpha value is -2.18. The van der Waals surface area contributed by atoms with Crippen molar-refractivity contribution in [3.8, 4) is 11.3 Å². The summed E-state index contributed by atoms with van der Waals surface area (Å²) >= 11 is 0. The molecular formula is C22H30N4O2. The molecule has 2 atom stereocenters. The zero-order chi connectivity index (χ0) is 19.3. The molecule has 0 saturated carbocycles. The smallest absolute Gasteiger partial charge is 0.237 e. The highest BCUT2D eigenvalue weighted by molar-refractivity contribution is 5.81. The summed E-state index contributed by atoms with van der Waals surface area (Å²) in [5.41, 5.74) is 3.21. The van der Waals surface area contributed by atoms with Gasteiger partial charge in [0.15, 0.2) is 5.76 Å². The number of carbonyl (C=O) groups is 1. The first-order chi connectivity index (χ1) is 13.7. The lowest BCUT2D eigenvalue weighted by atomic mass is 9.97. The van der Waals surface area contributed by atoms with Crippen molar-refractivity contribution in [3.63, 3.8) is 0 Å². The standard InChI is InChI=1S/C22H30N4O2/c1-16-6-8-18(9-7-16)21-12-19(28-25-21)15-26-11-3-4-17(14-26)13-24-22(27)20-5-2-10-23-20/h6-9,12,17,20,23H,2-5,10-11,13-15H2,1H3,(H,24,27). The number of nitrogens with one attached hydrogen (secondary N) is 2. The van der Waals surface area contributed by atoms with Crippen LogP contribution in [0.25, 0.3) is 11.3 Å². The second-order valence-electron chi connectivity index (χ2n) is 8.18. The quantitative estimate of drug-likeness (QED) is 0.804. The van der Waals surface area contributed by atoms with Gasteiger partial charge in [-0.05, 0) is 51.6 Å². The minimum Gasteiger partial charge on any atom is -0.359 e. The largest absolute Gasteiger partial charge is 0.359 e. The second kappa shape index (κ2) is 8.88. The zero-order valence-electron chi connectivity index (χ0n) is 16.6. The van der Waals surface area contributed by atoms with Gasteiger partial charge in [0.25, 0.3) is 0 Å². The highest BCUT2D eigenvalue weighted by Crippen LogP contribution is 2.22. The van der Waals surface area contributed by atoms with Gasteiger partial charge in [-0.1, -0.05) is 35.0 Å². The summed E-state index contributed by atoms with van der Waals surface area (Å²) in [4.78, 5) is 14.6. The molecule has 2 saturated heterocycles. The van der Waals surface area contributed by atoms with Gasteiger partial charge in [-0.25, -0.2) is 0 Å². The van der Waals surface area contributed by atoms with Crippen LogP contribution in [0.15, 0.2) is 34.9 Å². The Bertz CT molecular complexity index is 780. The van der Waals surface area contributed by atoms with Crippen molar-refractivity contribution >= 4 is 5.91 Å². The van der Waals surface area contributed by atoms with Crippen LogP contribution in [-0.4, -0.2) is 48.2 Å². The molecule has 1 aromatic heterocycles. The number of rotatable bonds is 6. The minimum atomic E-state index is 0.00841. The number of piperidine rings is 1. The normalized spacial score (nSPS) is 23.0. The third-order valence-corrected chi connectivity index (χ3v) is 5.83. The Labute approximate surface area is 166 Å². The van der Waals surface area contributed by atoms with Gasteiger partial charge in [-0.2, -0.15) is 0 Å². The number of aryl methyl sites for hydroxylation is 1. The van der Waals surface area contributed by atoms with Gasteiger partial charge in [-0.15, -0.1) is 0 Å². The van der Waals surface area contributed by atoms with E-state index in [1.807, 2.05) is 6.07 Å². The van der Waals surface area contributed by atoms with Gasteiger partial charge in [-0.3, -0.25) is 9.69 Å². The van der Waals surface area contributed by atoms with Crippen molar-refractivity contribution in [2.75, 3.05) is 26.2 Å². The summed E-state index contributed by atoms with van der Waals surface area (Å²) in [6.45, 7) is 6.62. The summed E-state index contributed by atoms with van der Waals surface area (Å²) < 4.78 is 5.58. The Morgan fingerprint density at radius 2 is 2.14 bits per heavy atom. The van der Waals surface area contributed by atoms with Gasteiger partial charge in [0, 0.05) is 24.7 Å². The summed E-state index contributed by atoms with van der Waals surface area (Å²) in [7, 11) is 0. The minimum absolute atomic E-state index is 0.00841. The van der Waals surface area contributed by atoms with Crippen LogP contribution in [0.4, 0.5) is 0 Å². The van der Waals surface area contributed by atoms with E-state index >= 15 is 0 Å². The van der Waals surface area contributed by atoms with Crippen LogP contribution in [0.1, 0.15) is 37.0 Å². The molecule has 28 heavy (non-hydrogen) atoms. The maximum absolute atomic E-state index is 12.2. The fraction of sp³-hybridized carbons (Fsp3) is 0.545. The maximum Gasteiger partial charge on any atom is 0.237 e. The molecule has 1 aromatic carbocycles. The average Bonchev–Trinajstić information content (AvgIpc) is 3.39. The lowest BCUT2D eigenvalue weighted by Crippen LogP contribution is -2.45. The average molecular weight is 383 g/mol. The SMILES string of the molecule is Cc1ccc(-c2cc(CN3CCCC(CNC(=O)C4CCCN4)C3)on2)cc1.